The monoisotopic (exact) mass is 517 g/mol. The molecule has 0 saturated carbocycles. The van der Waals surface area contributed by atoms with E-state index in [1.54, 1.807) is 12.1 Å². The van der Waals surface area contributed by atoms with Gasteiger partial charge in [-0.25, -0.2) is 9.97 Å². The molecule has 1 heterocycles. The molecule has 0 atom stereocenters. The molecule has 1 aromatic heterocycles. The number of hydrogen-bond acceptors (Lipinski definition) is 5. The third-order valence-corrected chi connectivity index (χ3v) is 6.38. The van der Waals surface area contributed by atoms with Crippen LogP contribution in [0.2, 0.25) is 0 Å². The minimum absolute atomic E-state index is 0.155. The van der Waals surface area contributed by atoms with Crippen molar-refractivity contribution in [3.63, 3.8) is 0 Å². The first kappa shape index (κ1) is 25.9. The van der Waals surface area contributed by atoms with Gasteiger partial charge >= 0.3 is 0 Å². The third kappa shape index (κ3) is 6.07. The smallest absolute Gasteiger partial charge is 0.251 e. The zero-order valence-corrected chi connectivity index (χ0v) is 22.4. The predicted molar refractivity (Wildman–Crippen MR) is 155 cm³/mol. The maximum Gasteiger partial charge on any atom is 0.251 e. The summed E-state index contributed by atoms with van der Waals surface area (Å²) in [5.74, 6) is 1.45. The number of aromatic nitrogens is 2. The van der Waals surface area contributed by atoms with Crippen molar-refractivity contribution in [3.8, 4) is 34.0 Å². The average molecular weight is 518 g/mol. The number of nitrogens with zero attached hydrogens (tertiary/aromatic N) is 2. The van der Waals surface area contributed by atoms with Crippen LogP contribution >= 0.6 is 0 Å². The van der Waals surface area contributed by atoms with Gasteiger partial charge in [0, 0.05) is 23.2 Å². The normalized spacial score (nSPS) is 10.8. The van der Waals surface area contributed by atoms with Crippen molar-refractivity contribution in [1.29, 1.82) is 0 Å². The van der Waals surface area contributed by atoms with Gasteiger partial charge in [-0.15, -0.1) is 0 Å². The molecule has 5 rings (SSSR count). The van der Waals surface area contributed by atoms with E-state index in [2.05, 4.69) is 5.32 Å². The summed E-state index contributed by atoms with van der Waals surface area (Å²) in [6.45, 7) is 7.62. The molecule has 0 aliphatic rings. The summed E-state index contributed by atoms with van der Waals surface area (Å²) in [5, 5.41) is 3.00. The Morgan fingerprint density at radius 3 is 1.77 bits per heavy atom. The molecule has 6 heteroatoms. The Hall–Kier alpha value is -4.71. The van der Waals surface area contributed by atoms with Crippen molar-refractivity contribution in [1.82, 2.24) is 15.3 Å². The summed E-state index contributed by atoms with van der Waals surface area (Å²) in [5.41, 5.74) is 7.45. The Kier molecular flexibility index (Phi) is 7.83. The van der Waals surface area contributed by atoms with Crippen LogP contribution in [0, 0.1) is 6.92 Å². The van der Waals surface area contributed by atoms with E-state index >= 15 is 0 Å². The molecule has 196 valence electrons. The zero-order valence-electron chi connectivity index (χ0n) is 22.4. The quantitative estimate of drug-likeness (QED) is 0.228. The minimum Gasteiger partial charge on any atom is -0.494 e. The van der Waals surface area contributed by atoms with E-state index in [-0.39, 0.29) is 5.91 Å². The van der Waals surface area contributed by atoms with E-state index in [1.165, 1.54) is 5.56 Å². The fraction of sp³-hybridized carbons (Fsp3) is 0.182. The van der Waals surface area contributed by atoms with Crippen molar-refractivity contribution in [3.05, 3.63) is 108 Å². The molecule has 1 amide bonds. The number of nitrogens with one attached hydrogen (secondary N) is 1. The van der Waals surface area contributed by atoms with Gasteiger partial charge in [0.1, 0.15) is 11.5 Å². The van der Waals surface area contributed by atoms with Crippen molar-refractivity contribution >= 4 is 16.9 Å². The van der Waals surface area contributed by atoms with Crippen molar-refractivity contribution < 1.29 is 14.3 Å². The van der Waals surface area contributed by atoms with Crippen molar-refractivity contribution in [2.75, 3.05) is 13.2 Å². The molecule has 0 aliphatic heterocycles. The Balaban J connectivity index is 1.51. The summed E-state index contributed by atoms with van der Waals surface area (Å²) in [6, 6.07) is 29.3. The highest BCUT2D eigenvalue weighted by atomic mass is 16.5. The van der Waals surface area contributed by atoms with Gasteiger partial charge in [0.2, 0.25) is 0 Å². The van der Waals surface area contributed by atoms with E-state index in [9.17, 15) is 4.79 Å². The lowest BCUT2D eigenvalue weighted by atomic mass is 10.0. The number of ether oxygens (including phenoxy) is 2. The minimum atomic E-state index is -0.155. The topological polar surface area (TPSA) is 73.3 Å². The number of fused-ring (bicyclic) bond motifs is 1. The second kappa shape index (κ2) is 11.8. The molecule has 6 nitrogen and oxygen atoms in total. The molecular formula is C33H31N3O3. The van der Waals surface area contributed by atoms with Crippen LogP contribution < -0.4 is 14.8 Å². The van der Waals surface area contributed by atoms with Crippen LogP contribution in [0.15, 0.2) is 91.0 Å². The molecule has 1 N–H and O–H groups in total. The summed E-state index contributed by atoms with van der Waals surface area (Å²) < 4.78 is 11.2. The largest absolute Gasteiger partial charge is 0.494 e. The molecule has 0 spiro atoms. The SMILES string of the molecule is CCOc1ccc(-c2nc3ccc(C(=O)NCc4ccc(C)cc4)cc3nc2-c2ccc(OCC)cc2)cc1. The van der Waals surface area contributed by atoms with Gasteiger partial charge in [-0.3, -0.25) is 4.79 Å². The van der Waals surface area contributed by atoms with Crippen LogP contribution in [0.1, 0.15) is 35.3 Å². The van der Waals surface area contributed by atoms with Gasteiger partial charge in [0.25, 0.3) is 5.91 Å². The number of aryl methyl sites for hydroxylation is 1. The van der Waals surface area contributed by atoms with Gasteiger partial charge in [-0.05, 0) is 93.1 Å². The average Bonchev–Trinajstić information content (AvgIpc) is 2.97. The second-order valence-electron chi connectivity index (χ2n) is 9.21. The summed E-state index contributed by atoms with van der Waals surface area (Å²) in [6.07, 6.45) is 0. The summed E-state index contributed by atoms with van der Waals surface area (Å²) in [7, 11) is 0. The molecule has 0 bridgehead atoms. The van der Waals surface area contributed by atoms with Crippen molar-refractivity contribution in [2.45, 2.75) is 27.3 Å². The maximum absolute atomic E-state index is 13.0. The second-order valence-corrected chi connectivity index (χ2v) is 9.21. The van der Waals surface area contributed by atoms with Crippen LogP contribution in [0.25, 0.3) is 33.5 Å². The first-order chi connectivity index (χ1) is 19.0. The Bertz CT molecular complexity index is 1580. The van der Waals surface area contributed by atoms with Crippen LogP contribution in [-0.2, 0) is 6.54 Å². The number of rotatable bonds is 9. The van der Waals surface area contributed by atoms with Crippen LogP contribution in [-0.4, -0.2) is 29.1 Å². The van der Waals surface area contributed by atoms with E-state index in [1.807, 2.05) is 99.6 Å². The molecule has 4 aromatic carbocycles. The maximum atomic E-state index is 13.0. The van der Waals surface area contributed by atoms with Gasteiger partial charge in [-0.2, -0.15) is 0 Å². The molecule has 0 aliphatic carbocycles. The summed E-state index contributed by atoms with van der Waals surface area (Å²) in [4.78, 5) is 23.0. The van der Waals surface area contributed by atoms with E-state index in [0.717, 1.165) is 39.6 Å². The molecule has 0 saturated heterocycles. The zero-order chi connectivity index (χ0) is 27.2. The molecule has 5 aromatic rings. The number of carbonyl (C=O) groups excluding carboxylic acids is 1. The van der Waals surface area contributed by atoms with E-state index in [0.29, 0.717) is 36.4 Å². The van der Waals surface area contributed by atoms with Gasteiger partial charge in [-0.1, -0.05) is 29.8 Å². The fourth-order valence-electron chi connectivity index (χ4n) is 4.34. The lowest BCUT2D eigenvalue weighted by Gasteiger charge is -2.13. The molecule has 39 heavy (non-hydrogen) atoms. The highest BCUT2D eigenvalue weighted by Gasteiger charge is 2.15. The molecule has 0 radical (unpaired) electrons. The Morgan fingerprint density at radius 1 is 0.692 bits per heavy atom. The Morgan fingerprint density at radius 2 is 1.23 bits per heavy atom. The molecule has 0 unspecified atom stereocenters. The molecule has 0 fully saturated rings. The Labute approximate surface area is 228 Å². The van der Waals surface area contributed by atoms with E-state index < -0.39 is 0 Å². The number of carbonyl (C=O) groups is 1. The lowest BCUT2D eigenvalue weighted by molar-refractivity contribution is 0.0951. The van der Waals surface area contributed by atoms with Gasteiger partial charge < -0.3 is 14.8 Å². The predicted octanol–water partition coefficient (Wildman–Crippen LogP) is 7.00. The lowest BCUT2D eigenvalue weighted by Crippen LogP contribution is -2.22. The fourth-order valence-corrected chi connectivity index (χ4v) is 4.34. The number of amides is 1. The van der Waals surface area contributed by atoms with Crippen LogP contribution in [0.3, 0.4) is 0 Å². The first-order valence-corrected chi connectivity index (χ1v) is 13.2. The highest BCUT2D eigenvalue weighted by molar-refractivity contribution is 5.98. The number of benzene rings is 4. The third-order valence-electron chi connectivity index (χ3n) is 6.38. The van der Waals surface area contributed by atoms with E-state index in [4.69, 9.17) is 19.4 Å². The first-order valence-electron chi connectivity index (χ1n) is 13.2. The standard InChI is InChI=1S/C33H31N3O3/c1-4-38-27-15-10-24(11-16-27)31-32(25-12-17-28(18-13-25)39-5-2)36-30-20-26(14-19-29(30)35-31)33(37)34-21-23-8-6-22(3)7-9-23/h6-20H,4-5,21H2,1-3H3,(H,34,37). The molecular weight excluding hydrogens is 486 g/mol. The van der Waals surface area contributed by atoms with Crippen LogP contribution in [0.4, 0.5) is 0 Å². The summed E-state index contributed by atoms with van der Waals surface area (Å²) >= 11 is 0. The van der Waals surface area contributed by atoms with Crippen molar-refractivity contribution in [2.24, 2.45) is 0 Å². The van der Waals surface area contributed by atoms with Crippen LogP contribution in [0.5, 0.6) is 11.5 Å². The van der Waals surface area contributed by atoms with Gasteiger partial charge in [0.05, 0.1) is 35.6 Å². The van der Waals surface area contributed by atoms with Gasteiger partial charge in [0.15, 0.2) is 0 Å². The number of hydrogen-bond donors (Lipinski definition) is 1. The highest BCUT2D eigenvalue weighted by Crippen LogP contribution is 2.33.